The second-order valence-electron chi connectivity index (χ2n) is 7.61. The van der Waals surface area contributed by atoms with Gasteiger partial charge < -0.3 is 0 Å². The van der Waals surface area contributed by atoms with E-state index in [1.165, 1.54) is 0 Å². The first-order valence-corrected chi connectivity index (χ1v) is 10.4. The van der Waals surface area contributed by atoms with Gasteiger partial charge in [0.15, 0.2) is 5.66 Å². The van der Waals surface area contributed by atoms with E-state index in [0.717, 1.165) is 33.2 Å². The Labute approximate surface area is 180 Å². The van der Waals surface area contributed by atoms with Crippen molar-refractivity contribution in [2.45, 2.75) is 5.66 Å². The molecule has 4 nitrogen and oxygen atoms in total. The summed E-state index contributed by atoms with van der Waals surface area (Å²) in [6.07, 6.45) is 3.89. The van der Waals surface area contributed by atoms with Crippen LogP contribution in [-0.4, -0.2) is 19.1 Å². The maximum atomic E-state index is 4.75. The molecule has 0 saturated carbocycles. The van der Waals surface area contributed by atoms with Gasteiger partial charge in [0.1, 0.15) is 0 Å². The van der Waals surface area contributed by atoms with Crippen molar-refractivity contribution in [2.75, 3.05) is 0 Å². The molecular formula is C27H20N4. The lowest BCUT2D eigenvalue weighted by molar-refractivity contribution is 0.379. The highest BCUT2D eigenvalue weighted by molar-refractivity contribution is 5.79. The van der Waals surface area contributed by atoms with E-state index in [-0.39, 0.29) is 0 Å². The van der Waals surface area contributed by atoms with E-state index in [1.807, 2.05) is 24.8 Å². The lowest BCUT2D eigenvalue weighted by Crippen LogP contribution is -2.43. The van der Waals surface area contributed by atoms with Crippen LogP contribution in [0.3, 0.4) is 0 Å². The third-order valence-corrected chi connectivity index (χ3v) is 5.96. The summed E-state index contributed by atoms with van der Waals surface area (Å²) in [7, 11) is 0. The van der Waals surface area contributed by atoms with E-state index < -0.39 is 5.66 Å². The minimum absolute atomic E-state index is 0.700. The van der Waals surface area contributed by atoms with Crippen molar-refractivity contribution in [3.8, 4) is 0 Å². The van der Waals surface area contributed by atoms with Crippen molar-refractivity contribution in [2.24, 2.45) is 0 Å². The van der Waals surface area contributed by atoms with Crippen molar-refractivity contribution < 1.29 is 0 Å². The maximum absolute atomic E-state index is 4.75. The predicted molar refractivity (Wildman–Crippen MR) is 124 cm³/mol. The molecule has 0 bridgehead atoms. The van der Waals surface area contributed by atoms with Crippen LogP contribution in [0, 0.1) is 0 Å². The first-order valence-electron chi connectivity index (χ1n) is 10.4. The molecule has 6 aromatic rings. The fourth-order valence-corrected chi connectivity index (χ4v) is 4.61. The predicted octanol–water partition coefficient (Wildman–Crippen LogP) is 5.68. The van der Waals surface area contributed by atoms with Gasteiger partial charge >= 0.3 is 0 Å². The van der Waals surface area contributed by atoms with Gasteiger partial charge in [-0.3, -0.25) is 9.13 Å². The third-order valence-electron chi connectivity index (χ3n) is 5.96. The molecule has 0 amide bonds. The molecule has 0 spiro atoms. The van der Waals surface area contributed by atoms with Crippen molar-refractivity contribution in [1.29, 1.82) is 0 Å². The van der Waals surface area contributed by atoms with E-state index in [2.05, 4.69) is 106 Å². The standard InChI is InChI=1S/C27H20N4/c1-3-11-21(12-4-1)27(22-13-5-2-6-14-22,30-19-28-23-15-7-9-17-25(23)30)31-20-29-24-16-8-10-18-26(24)31/h1-20H. The van der Waals surface area contributed by atoms with Crippen LogP contribution in [-0.2, 0) is 5.66 Å². The minimum atomic E-state index is -0.700. The maximum Gasteiger partial charge on any atom is 0.176 e. The largest absolute Gasteiger partial charge is 0.298 e. The highest BCUT2D eigenvalue weighted by Crippen LogP contribution is 2.40. The molecule has 0 atom stereocenters. The molecule has 0 aliphatic heterocycles. The van der Waals surface area contributed by atoms with E-state index >= 15 is 0 Å². The smallest absolute Gasteiger partial charge is 0.176 e. The average molecular weight is 400 g/mol. The number of hydrogen-bond acceptors (Lipinski definition) is 2. The fourth-order valence-electron chi connectivity index (χ4n) is 4.61. The van der Waals surface area contributed by atoms with E-state index in [9.17, 15) is 0 Å². The van der Waals surface area contributed by atoms with Crippen LogP contribution in [0.25, 0.3) is 22.1 Å². The molecule has 4 heteroatoms. The number of imidazole rings is 2. The van der Waals surface area contributed by atoms with Crippen LogP contribution in [0.1, 0.15) is 11.1 Å². The number of benzene rings is 4. The zero-order valence-electron chi connectivity index (χ0n) is 16.8. The summed E-state index contributed by atoms with van der Waals surface area (Å²) in [4.78, 5) is 9.51. The van der Waals surface area contributed by atoms with Crippen LogP contribution in [0.5, 0.6) is 0 Å². The summed E-state index contributed by atoms with van der Waals surface area (Å²) in [6.45, 7) is 0. The van der Waals surface area contributed by atoms with Gasteiger partial charge in [0.25, 0.3) is 0 Å². The van der Waals surface area contributed by atoms with Gasteiger partial charge in [0, 0.05) is 11.1 Å². The Hall–Kier alpha value is -4.18. The van der Waals surface area contributed by atoms with Gasteiger partial charge in [0.05, 0.1) is 34.7 Å². The van der Waals surface area contributed by atoms with Gasteiger partial charge in [-0.15, -0.1) is 0 Å². The van der Waals surface area contributed by atoms with E-state index in [1.54, 1.807) is 0 Å². The average Bonchev–Trinajstić information content (AvgIpc) is 3.47. The summed E-state index contributed by atoms with van der Waals surface area (Å²) in [5.41, 5.74) is 5.61. The molecule has 0 aliphatic carbocycles. The molecule has 2 aromatic heterocycles. The fraction of sp³-hybridized carbons (Fsp3) is 0.0370. The number of aromatic nitrogens is 4. The number of hydrogen-bond donors (Lipinski definition) is 0. The van der Waals surface area contributed by atoms with Crippen LogP contribution in [0.15, 0.2) is 122 Å². The molecule has 6 rings (SSSR count). The van der Waals surface area contributed by atoms with Gasteiger partial charge in [-0.1, -0.05) is 84.9 Å². The lowest BCUT2D eigenvalue weighted by Gasteiger charge is -2.38. The molecule has 0 aliphatic rings. The number of rotatable bonds is 4. The number of fused-ring (bicyclic) bond motifs is 2. The van der Waals surface area contributed by atoms with Crippen LogP contribution in [0.2, 0.25) is 0 Å². The summed E-state index contributed by atoms with van der Waals surface area (Å²) < 4.78 is 4.53. The summed E-state index contributed by atoms with van der Waals surface area (Å²) in [5.74, 6) is 0. The van der Waals surface area contributed by atoms with Gasteiger partial charge in [0.2, 0.25) is 0 Å². The summed E-state index contributed by atoms with van der Waals surface area (Å²) in [5, 5.41) is 0. The Morgan fingerprint density at radius 1 is 0.452 bits per heavy atom. The van der Waals surface area contributed by atoms with Crippen LogP contribution in [0.4, 0.5) is 0 Å². The van der Waals surface area contributed by atoms with E-state index in [0.29, 0.717) is 0 Å². The highest BCUT2D eigenvalue weighted by atomic mass is 15.3. The van der Waals surface area contributed by atoms with Gasteiger partial charge in [-0.05, 0) is 24.3 Å². The second-order valence-corrected chi connectivity index (χ2v) is 7.61. The monoisotopic (exact) mass is 400 g/mol. The van der Waals surface area contributed by atoms with E-state index in [4.69, 9.17) is 9.97 Å². The van der Waals surface area contributed by atoms with Crippen molar-refractivity contribution >= 4 is 22.1 Å². The lowest BCUT2D eigenvalue weighted by atomic mass is 9.89. The summed E-state index contributed by atoms with van der Waals surface area (Å²) >= 11 is 0. The zero-order valence-corrected chi connectivity index (χ0v) is 16.8. The quantitative estimate of drug-likeness (QED) is 0.381. The molecule has 0 N–H and O–H groups in total. The van der Waals surface area contributed by atoms with Crippen molar-refractivity contribution in [1.82, 2.24) is 19.1 Å². The van der Waals surface area contributed by atoms with Gasteiger partial charge in [-0.25, -0.2) is 9.97 Å². The Kier molecular flexibility index (Phi) is 3.96. The molecule has 0 fully saturated rings. The molecule has 31 heavy (non-hydrogen) atoms. The molecule has 0 unspecified atom stereocenters. The first-order chi connectivity index (χ1) is 15.4. The topological polar surface area (TPSA) is 35.6 Å². The number of nitrogens with zero attached hydrogens (tertiary/aromatic N) is 4. The zero-order chi connectivity index (χ0) is 20.7. The second kappa shape index (κ2) is 6.96. The molecule has 0 radical (unpaired) electrons. The van der Waals surface area contributed by atoms with Gasteiger partial charge in [-0.2, -0.15) is 0 Å². The SMILES string of the molecule is c1ccc(C(c2ccccc2)(n2cnc3ccccc32)n2cnc3ccccc32)cc1. The molecule has 4 aromatic carbocycles. The number of para-hydroxylation sites is 4. The Balaban J connectivity index is 1.83. The van der Waals surface area contributed by atoms with Crippen LogP contribution >= 0.6 is 0 Å². The highest BCUT2D eigenvalue weighted by Gasteiger charge is 2.40. The van der Waals surface area contributed by atoms with Crippen LogP contribution < -0.4 is 0 Å². The minimum Gasteiger partial charge on any atom is -0.298 e. The molecule has 148 valence electrons. The molecule has 0 saturated heterocycles. The Morgan fingerprint density at radius 3 is 1.29 bits per heavy atom. The van der Waals surface area contributed by atoms with Crippen molar-refractivity contribution in [3.05, 3.63) is 133 Å². The molecular weight excluding hydrogens is 380 g/mol. The van der Waals surface area contributed by atoms with Crippen molar-refractivity contribution in [3.63, 3.8) is 0 Å². The first kappa shape index (κ1) is 17.7. The normalized spacial score (nSPS) is 11.9. The third kappa shape index (κ3) is 2.55. The summed E-state index contributed by atoms with van der Waals surface area (Å²) in [6, 6.07) is 37.7. The Bertz CT molecular complexity index is 1360. The molecule has 2 heterocycles. The Morgan fingerprint density at radius 2 is 0.839 bits per heavy atom.